The van der Waals surface area contributed by atoms with Crippen molar-refractivity contribution in [2.75, 3.05) is 47.5 Å². The van der Waals surface area contributed by atoms with Crippen LogP contribution in [0, 0.1) is 11.6 Å². The second-order valence-corrected chi connectivity index (χ2v) is 10.3. The summed E-state index contributed by atoms with van der Waals surface area (Å²) in [7, 11) is 0. The Morgan fingerprint density at radius 3 is 2.79 bits per heavy atom. The highest BCUT2D eigenvalue weighted by Gasteiger charge is 2.26. The molecule has 1 aliphatic rings. The fourth-order valence-corrected chi connectivity index (χ4v) is 5.17. The van der Waals surface area contributed by atoms with E-state index in [1.54, 1.807) is 24.3 Å². The molecule has 5 rings (SSSR count). The van der Waals surface area contributed by atoms with Crippen molar-refractivity contribution in [1.82, 2.24) is 19.9 Å². The van der Waals surface area contributed by atoms with Crippen molar-refractivity contribution in [2.45, 2.75) is 19.4 Å². The summed E-state index contributed by atoms with van der Waals surface area (Å²) < 4.78 is 63.1. The number of aromatic nitrogens is 4. The largest absolute Gasteiger partial charge is 0.593 e. The van der Waals surface area contributed by atoms with Gasteiger partial charge in [-0.1, -0.05) is 6.07 Å². The van der Waals surface area contributed by atoms with E-state index in [4.69, 9.17) is 15.5 Å². The second-order valence-electron chi connectivity index (χ2n) is 9.00. The van der Waals surface area contributed by atoms with Crippen molar-refractivity contribution < 1.29 is 22.5 Å². The van der Waals surface area contributed by atoms with Gasteiger partial charge in [-0.3, -0.25) is 4.39 Å². The van der Waals surface area contributed by atoms with Gasteiger partial charge in [-0.05, 0) is 31.2 Å². The summed E-state index contributed by atoms with van der Waals surface area (Å²) in [4.78, 5) is 19.9. The Bertz CT molecular complexity index is 1500. The molecule has 0 amide bonds. The number of nitrogens with zero attached hydrogens (tertiary/aromatic N) is 5. The second kappa shape index (κ2) is 11.6. The maximum atomic E-state index is 15.5. The number of morpholine rings is 1. The normalized spacial score (nSPS) is 16.4. The number of nitrogens with two attached hydrogens (primary N) is 1. The maximum absolute atomic E-state index is 15.5. The van der Waals surface area contributed by atoms with Crippen LogP contribution in [-0.4, -0.2) is 62.7 Å². The minimum absolute atomic E-state index is 0.0199. The Morgan fingerprint density at radius 1 is 1.18 bits per heavy atom. The molecule has 1 aromatic carbocycles. The van der Waals surface area contributed by atoms with Gasteiger partial charge < -0.3 is 19.9 Å². The van der Waals surface area contributed by atoms with Gasteiger partial charge in [0, 0.05) is 30.8 Å². The van der Waals surface area contributed by atoms with Gasteiger partial charge in [0.1, 0.15) is 28.6 Å². The number of alkyl halides is 1. The van der Waals surface area contributed by atoms with Gasteiger partial charge in [0.25, 0.3) is 0 Å². The number of nitrogens with one attached hydrogen (secondary N) is 1. The van der Waals surface area contributed by atoms with Crippen LogP contribution in [0.4, 0.5) is 30.5 Å². The van der Waals surface area contributed by atoms with E-state index >= 15 is 4.39 Å². The Kier molecular flexibility index (Phi) is 8.00. The van der Waals surface area contributed by atoms with E-state index in [0.29, 0.717) is 42.3 Å². The molecule has 2 atom stereocenters. The monoisotopic (exact) mass is 557 g/mol. The summed E-state index contributed by atoms with van der Waals surface area (Å²) in [5.41, 5.74) is 7.02. The minimum Gasteiger partial charge on any atom is -0.593 e. The number of pyridine rings is 2. The number of hydrogen-bond donors (Lipinski definition) is 2. The van der Waals surface area contributed by atoms with Gasteiger partial charge in [-0.2, -0.15) is 0 Å². The first-order valence-corrected chi connectivity index (χ1v) is 13.6. The van der Waals surface area contributed by atoms with Crippen molar-refractivity contribution in [1.29, 1.82) is 0 Å². The number of hydrogen-bond acceptors (Lipinski definition) is 9. The molecule has 2 unspecified atom stereocenters. The lowest BCUT2D eigenvalue weighted by Gasteiger charge is -2.34. The lowest BCUT2D eigenvalue weighted by atomic mass is 10.1. The van der Waals surface area contributed by atoms with Crippen LogP contribution in [0.3, 0.4) is 0 Å². The van der Waals surface area contributed by atoms with E-state index in [9.17, 15) is 13.3 Å². The van der Waals surface area contributed by atoms with Gasteiger partial charge in [0.2, 0.25) is 0 Å². The molecular formula is C26H26F3N7O2S. The Labute approximate surface area is 226 Å². The van der Waals surface area contributed by atoms with E-state index in [1.165, 1.54) is 12.3 Å². The van der Waals surface area contributed by atoms with Crippen molar-refractivity contribution in [2.24, 2.45) is 0 Å². The SMILES string of the molecule is CC1COCCN1c1nc(-c2cnc(N)cc2F)nc2ccc(-c3cccc(N[S+]([O-])CCCF)c3F)nc12. The third-order valence-electron chi connectivity index (χ3n) is 6.24. The highest BCUT2D eigenvalue weighted by Crippen LogP contribution is 2.33. The third kappa shape index (κ3) is 5.70. The van der Waals surface area contributed by atoms with Crippen LogP contribution in [0.1, 0.15) is 13.3 Å². The van der Waals surface area contributed by atoms with Crippen molar-refractivity contribution in [3.63, 3.8) is 0 Å². The van der Waals surface area contributed by atoms with Crippen LogP contribution >= 0.6 is 0 Å². The standard InChI is InChI=1S/C26H26F3N7O2S/c1-15-14-38-10-9-36(15)26-24-21(33-25(34-26)17-13-31-22(30)12-18(17)28)7-6-19(32-24)16-4-2-5-20(23(16)29)35-39(37)11-3-8-27/h2,4-7,12-13,15,35H,3,8-11,14H2,1H3,(H2,30,31). The van der Waals surface area contributed by atoms with E-state index in [0.717, 1.165) is 6.07 Å². The van der Waals surface area contributed by atoms with Crippen LogP contribution in [0.15, 0.2) is 42.6 Å². The van der Waals surface area contributed by atoms with E-state index in [-0.39, 0.29) is 46.7 Å². The zero-order chi connectivity index (χ0) is 27.5. The van der Waals surface area contributed by atoms with Gasteiger partial charge in [0.15, 0.2) is 17.5 Å². The zero-order valence-electron chi connectivity index (χ0n) is 21.0. The highest BCUT2D eigenvalue weighted by molar-refractivity contribution is 7.92. The molecule has 3 aromatic heterocycles. The van der Waals surface area contributed by atoms with E-state index < -0.39 is 29.7 Å². The number of ether oxygens (including phenoxy) is 1. The number of halogens is 3. The molecule has 204 valence electrons. The third-order valence-corrected chi connectivity index (χ3v) is 7.35. The molecule has 0 radical (unpaired) electrons. The number of anilines is 3. The molecule has 3 N–H and O–H groups in total. The summed E-state index contributed by atoms with van der Waals surface area (Å²) >= 11 is -1.64. The molecule has 4 aromatic rings. The summed E-state index contributed by atoms with van der Waals surface area (Å²) in [6.07, 6.45) is 1.39. The number of nitrogen functional groups attached to an aromatic ring is 1. The average molecular weight is 558 g/mol. The fraction of sp³-hybridized carbons (Fsp3) is 0.308. The number of rotatable bonds is 8. The van der Waals surface area contributed by atoms with Gasteiger partial charge in [-0.15, -0.1) is 0 Å². The number of fused-ring (bicyclic) bond motifs is 1. The van der Waals surface area contributed by atoms with E-state index in [1.807, 2.05) is 11.8 Å². The summed E-state index contributed by atoms with van der Waals surface area (Å²) in [6.45, 7) is 2.80. The molecule has 4 heterocycles. The first-order valence-electron chi connectivity index (χ1n) is 12.3. The van der Waals surface area contributed by atoms with Crippen molar-refractivity contribution >= 4 is 39.7 Å². The quantitative estimate of drug-likeness (QED) is 0.306. The molecule has 1 fully saturated rings. The van der Waals surface area contributed by atoms with Crippen LogP contribution < -0.4 is 15.4 Å². The molecule has 39 heavy (non-hydrogen) atoms. The summed E-state index contributed by atoms with van der Waals surface area (Å²) in [5, 5.41) is 0. The number of benzene rings is 1. The molecule has 0 saturated carbocycles. The topological polar surface area (TPSA) is 125 Å². The molecule has 1 saturated heterocycles. The first-order chi connectivity index (χ1) is 18.9. The maximum Gasteiger partial charge on any atom is 0.166 e. The van der Waals surface area contributed by atoms with Crippen LogP contribution in [0.5, 0.6) is 0 Å². The van der Waals surface area contributed by atoms with Gasteiger partial charge >= 0.3 is 0 Å². The fourth-order valence-electron chi connectivity index (χ4n) is 4.29. The van der Waals surface area contributed by atoms with Crippen molar-refractivity contribution in [3.8, 4) is 22.6 Å². The Balaban J connectivity index is 1.61. The molecular weight excluding hydrogens is 531 g/mol. The van der Waals surface area contributed by atoms with Crippen molar-refractivity contribution in [3.05, 3.63) is 54.2 Å². The smallest absolute Gasteiger partial charge is 0.166 e. The molecule has 1 aliphatic heterocycles. The summed E-state index contributed by atoms with van der Waals surface area (Å²) in [5.74, 6) is -0.598. The molecule has 0 aliphatic carbocycles. The lowest BCUT2D eigenvalue weighted by Crippen LogP contribution is -2.44. The van der Waals surface area contributed by atoms with Crippen LogP contribution in [0.25, 0.3) is 33.7 Å². The lowest BCUT2D eigenvalue weighted by molar-refractivity contribution is 0.0987. The first kappa shape index (κ1) is 26.9. The van der Waals surface area contributed by atoms with E-state index in [2.05, 4.69) is 19.7 Å². The Morgan fingerprint density at radius 2 is 2.03 bits per heavy atom. The highest BCUT2D eigenvalue weighted by atomic mass is 32.2. The Hall–Kier alpha value is -3.68. The zero-order valence-corrected chi connectivity index (χ0v) is 21.8. The minimum atomic E-state index is -1.64. The molecule has 0 bridgehead atoms. The van der Waals surface area contributed by atoms with Crippen LogP contribution in [-0.2, 0) is 16.1 Å². The average Bonchev–Trinajstić information content (AvgIpc) is 2.92. The van der Waals surface area contributed by atoms with Gasteiger partial charge in [0.05, 0.1) is 54.1 Å². The van der Waals surface area contributed by atoms with Gasteiger partial charge in [-0.25, -0.2) is 33.4 Å². The molecule has 13 heteroatoms. The van der Waals surface area contributed by atoms with Crippen LogP contribution in [0.2, 0.25) is 0 Å². The molecule has 0 spiro atoms. The predicted molar refractivity (Wildman–Crippen MR) is 145 cm³/mol. The molecule has 9 nitrogen and oxygen atoms in total. The summed E-state index contributed by atoms with van der Waals surface area (Å²) in [6, 6.07) is 8.94. The predicted octanol–water partition coefficient (Wildman–Crippen LogP) is 4.27.